The summed E-state index contributed by atoms with van der Waals surface area (Å²) in [5, 5.41) is 54.6. The Morgan fingerprint density at radius 3 is 1.04 bits per heavy atom. The maximum absolute atomic E-state index is 13.1. The lowest BCUT2D eigenvalue weighted by atomic mass is 9.99. The second-order valence-electron chi connectivity index (χ2n) is 23.6. The van der Waals surface area contributed by atoms with E-state index in [1.165, 1.54) is 289 Å². The molecule has 446 valence electrons. The standard InChI is InChI=1S/C66H129NO8/c1-3-5-7-9-11-13-15-17-19-21-22-23-24-25-26-27-28-29-30-31-32-33-34-35-36-37-38-40-42-44-46-48-50-52-54-56-62(70)67-59(58-74-66-65(73)64(72)63(71)61(57-68)75-66)60(69)55-53-51-49-47-45-43-41-39-20-18-16-14-12-10-8-6-4-2/h53,55,59-61,63-66,68-69,71-73H,3-52,54,56-58H2,1-2H3,(H,67,70)/b55-53+. The van der Waals surface area contributed by atoms with E-state index in [-0.39, 0.29) is 12.5 Å². The molecule has 75 heavy (non-hydrogen) atoms. The Morgan fingerprint density at radius 2 is 0.733 bits per heavy atom. The Balaban J connectivity index is 2.07. The van der Waals surface area contributed by atoms with Crippen LogP contribution in [0, 0.1) is 0 Å². The molecule has 1 saturated heterocycles. The number of rotatable bonds is 59. The summed E-state index contributed by atoms with van der Waals surface area (Å²) >= 11 is 0. The highest BCUT2D eigenvalue weighted by atomic mass is 16.7. The number of allylic oxidation sites excluding steroid dienone is 1. The Kier molecular flexibility index (Phi) is 53.9. The number of aliphatic hydroxyl groups is 5. The van der Waals surface area contributed by atoms with Crippen LogP contribution in [0.25, 0.3) is 0 Å². The van der Waals surface area contributed by atoms with Crippen molar-refractivity contribution in [1.82, 2.24) is 5.32 Å². The van der Waals surface area contributed by atoms with E-state index >= 15 is 0 Å². The molecular weight excluding hydrogens is 935 g/mol. The van der Waals surface area contributed by atoms with Crippen LogP contribution in [-0.4, -0.2) is 87.5 Å². The van der Waals surface area contributed by atoms with Crippen molar-refractivity contribution in [3.63, 3.8) is 0 Å². The highest BCUT2D eigenvalue weighted by Gasteiger charge is 2.44. The number of ether oxygens (including phenoxy) is 2. The molecule has 1 fully saturated rings. The number of aliphatic hydroxyl groups excluding tert-OH is 5. The summed E-state index contributed by atoms with van der Waals surface area (Å²) < 4.78 is 11.3. The van der Waals surface area contributed by atoms with Crippen LogP contribution in [-0.2, 0) is 14.3 Å². The van der Waals surface area contributed by atoms with Crippen LogP contribution in [0.4, 0.5) is 0 Å². The molecule has 1 rings (SSSR count). The molecule has 7 atom stereocenters. The van der Waals surface area contributed by atoms with Crippen molar-refractivity contribution < 1.29 is 39.8 Å². The van der Waals surface area contributed by atoms with Gasteiger partial charge < -0.3 is 40.3 Å². The summed E-state index contributed by atoms with van der Waals surface area (Å²) in [5.74, 6) is -0.168. The zero-order chi connectivity index (χ0) is 54.3. The summed E-state index contributed by atoms with van der Waals surface area (Å²) in [4.78, 5) is 13.1. The lowest BCUT2D eigenvalue weighted by molar-refractivity contribution is -0.302. The minimum atomic E-state index is -1.56. The molecule has 0 aromatic rings. The van der Waals surface area contributed by atoms with E-state index in [9.17, 15) is 30.3 Å². The lowest BCUT2D eigenvalue weighted by Gasteiger charge is -2.40. The fourth-order valence-corrected chi connectivity index (χ4v) is 11.1. The van der Waals surface area contributed by atoms with E-state index in [1.807, 2.05) is 6.08 Å². The third-order valence-corrected chi connectivity index (χ3v) is 16.4. The Morgan fingerprint density at radius 1 is 0.440 bits per heavy atom. The molecule has 0 bridgehead atoms. The first-order valence-electron chi connectivity index (χ1n) is 33.4. The Hall–Kier alpha value is -1.07. The number of carbonyl (C=O) groups excluding carboxylic acids is 1. The van der Waals surface area contributed by atoms with Gasteiger partial charge in [-0.2, -0.15) is 0 Å². The lowest BCUT2D eigenvalue weighted by Crippen LogP contribution is -2.60. The molecule has 1 heterocycles. The summed E-state index contributed by atoms with van der Waals surface area (Å²) in [5.41, 5.74) is 0. The summed E-state index contributed by atoms with van der Waals surface area (Å²) in [6.45, 7) is 3.83. The fourth-order valence-electron chi connectivity index (χ4n) is 11.1. The number of hydrogen-bond acceptors (Lipinski definition) is 8. The van der Waals surface area contributed by atoms with Gasteiger partial charge in [-0.1, -0.05) is 334 Å². The quantitative estimate of drug-likeness (QED) is 0.0261. The van der Waals surface area contributed by atoms with Crippen molar-refractivity contribution in [2.75, 3.05) is 13.2 Å². The molecule has 9 nitrogen and oxygen atoms in total. The highest BCUT2D eigenvalue weighted by Crippen LogP contribution is 2.23. The van der Waals surface area contributed by atoms with Crippen LogP contribution in [0.2, 0.25) is 0 Å². The largest absolute Gasteiger partial charge is 0.394 e. The number of nitrogens with one attached hydrogen (secondary N) is 1. The van der Waals surface area contributed by atoms with E-state index in [2.05, 4.69) is 19.2 Å². The molecule has 1 aliphatic heterocycles. The monoisotopic (exact) mass is 1060 g/mol. The molecule has 7 unspecified atom stereocenters. The number of hydrogen-bond donors (Lipinski definition) is 6. The van der Waals surface area contributed by atoms with Gasteiger partial charge in [0.2, 0.25) is 5.91 Å². The molecule has 0 spiro atoms. The zero-order valence-corrected chi connectivity index (χ0v) is 49.8. The minimum absolute atomic E-state index is 0.168. The number of unbranched alkanes of at least 4 members (excludes halogenated alkanes) is 49. The average molecular weight is 1060 g/mol. The van der Waals surface area contributed by atoms with E-state index in [1.54, 1.807) is 6.08 Å². The highest BCUT2D eigenvalue weighted by molar-refractivity contribution is 5.76. The van der Waals surface area contributed by atoms with Gasteiger partial charge in [0.15, 0.2) is 6.29 Å². The molecule has 6 N–H and O–H groups in total. The Bertz CT molecular complexity index is 1190. The molecule has 1 aliphatic rings. The second-order valence-corrected chi connectivity index (χ2v) is 23.6. The van der Waals surface area contributed by atoms with Crippen molar-refractivity contribution in [1.29, 1.82) is 0 Å². The first kappa shape index (κ1) is 71.9. The van der Waals surface area contributed by atoms with Gasteiger partial charge in [0.1, 0.15) is 24.4 Å². The molecule has 0 saturated carbocycles. The van der Waals surface area contributed by atoms with E-state index in [0.717, 1.165) is 38.5 Å². The second kappa shape index (κ2) is 56.2. The van der Waals surface area contributed by atoms with Crippen LogP contribution in [0.15, 0.2) is 12.2 Å². The molecule has 0 aromatic heterocycles. The molecule has 0 radical (unpaired) electrons. The summed E-state index contributed by atoms with van der Waals surface area (Å²) in [6, 6.07) is -0.801. The van der Waals surface area contributed by atoms with E-state index in [4.69, 9.17) is 9.47 Å². The van der Waals surface area contributed by atoms with Crippen LogP contribution < -0.4 is 5.32 Å². The van der Waals surface area contributed by atoms with Gasteiger partial charge in [-0.15, -0.1) is 0 Å². The summed E-state index contributed by atoms with van der Waals surface area (Å²) in [6.07, 6.45) is 64.6. The molecule has 9 heteroatoms. The van der Waals surface area contributed by atoms with Crippen molar-refractivity contribution in [2.24, 2.45) is 0 Å². The third-order valence-electron chi connectivity index (χ3n) is 16.4. The van der Waals surface area contributed by atoms with Crippen LogP contribution in [0.3, 0.4) is 0 Å². The maximum Gasteiger partial charge on any atom is 0.220 e. The molecule has 0 aliphatic carbocycles. The molecular formula is C66H129NO8. The van der Waals surface area contributed by atoms with Gasteiger partial charge in [-0.3, -0.25) is 4.79 Å². The van der Waals surface area contributed by atoms with E-state index in [0.29, 0.717) is 6.42 Å². The van der Waals surface area contributed by atoms with Gasteiger partial charge in [-0.25, -0.2) is 0 Å². The minimum Gasteiger partial charge on any atom is -0.394 e. The van der Waals surface area contributed by atoms with Gasteiger partial charge in [0, 0.05) is 6.42 Å². The first-order valence-corrected chi connectivity index (χ1v) is 33.4. The zero-order valence-electron chi connectivity index (χ0n) is 49.8. The van der Waals surface area contributed by atoms with Crippen LogP contribution in [0.5, 0.6) is 0 Å². The topological polar surface area (TPSA) is 149 Å². The van der Waals surface area contributed by atoms with Gasteiger partial charge >= 0.3 is 0 Å². The maximum atomic E-state index is 13.1. The predicted octanol–water partition coefficient (Wildman–Crippen LogP) is 17.5. The Labute approximate surface area is 465 Å². The van der Waals surface area contributed by atoms with Crippen molar-refractivity contribution in [3.05, 3.63) is 12.2 Å². The van der Waals surface area contributed by atoms with Gasteiger partial charge in [0.05, 0.1) is 25.4 Å². The smallest absolute Gasteiger partial charge is 0.220 e. The van der Waals surface area contributed by atoms with Gasteiger partial charge in [0.25, 0.3) is 0 Å². The first-order chi connectivity index (χ1) is 36.8. The summed E-state index contributed by atoms with van der Waals surface area (Å²) in [7, 11) is 0. The van der Waals surface area contributed by atoms with E-state index < -0.39 is 49.5 Å². The number of amides is 1. The molecule has 0 aromatic carbocycles. The fraction of sp³-hybridized carbons (Fsp3) is 0.955. The van der Waals surface area contributed by atoms with Crippen LogP contribution in [0.1, 0.15) is 348 Å². The predicted molar refractivity (Wildman–Crippen MR) is 318 cm³/mol. The van der Waals surface area contributed by atoms with Crippen molar-refractivity contribution in [2.45, 2.75) is 391 Å². The third kappa shape index (κ3) is 45.4. The van der Waals surface area contributed by atoms with Crippen molar-refractivity contribution >= 4 is 5.91 Å². The average Bonchev–Trinajstić information content (AvgIpc) is 3.41. The molecule has 1 amide bonds. The van der Waals surface area contributed by atoms with Gasteiger partial charge in [-0.05, 0) is 19.3 Å². The van der Waals surface area contributed by atoms with Crippen LogP contribution >= 0.6 is 0 Å². The number of carbonyl (C=O) groups is 1. The van der Waals surface area contributed by atoms with Crippen molar-refractivity contribution in [3.8, 4) is 0 Å². The SMILES string of the molecule is CCCCCCCCCCCCCCCCC/C=C/C(O)C(COC1OC(CO)C(O)C(O)C1O)NC(=O)CCCCCCCCCCCCCCCCCCCCCCCCCCCCCCCCCCCCC. The normalized spacial score (nSPS) is 18.8.